The van der Waals surface area contributed by atoms with E-state index in [1.165, 1.54) is 21.9 Å². The number of ether oxygens (including phenoxy) is 1. The molecule has 6 rings (SSSR count). The van der Waals surface area contributed by atoms with E-state index in [-0.39, 0.29) is 44.6 Å². The lowest BCUT2D eigenvalue weighted by molar-refractivity contribution is -0.267. The molecule has 2 saturated heterocycles. The third-order valence-electron chi connectivity index (χ3n) is 10.0. The first-order valence-corrected chi connectivity index (χ1v) is 18.9. The lowest BCUT2D eigenvalue weighted by Gasteiger charge is -2.53. The van der Waals surface area contributed by atoms with Crippen molar-refractivity contribution in [2.24, 2.45) is 5.73 Å². The fraction of sp³-hybridized carbons (Fsp3) is 0.326. The van der Waals surface area contributed by atoms with Crippen LogP contribution in [0.2, 0.25) is 0 Å². The molecule has 4 aromatic rings. The number of benzene rings is 4. The molecular formula is C43H47N5O8. The second-order valence-corrected chi connectivity index (χ2v) is 14.0. The Labute approximate surface area is 325 Å². The maximum atomic E-state index is 14.7. The number of carbonyl (C=O) groups excluding carboxylic acids is 5. The molecule has 0 radical (unpaired) electrons. The molecule has 292 valence electrons. The van der Waals surface area contributed by atoms with Crippen molar-refractivity contribution in [1.82, 2.24) is 20.2 Å². The molecule has 0 aromatic heterocycles. The summed E-state index contributed by atoms with van der Waals surface area (Å²) in [5.74, 6) is -2.05. The van der Waals surface area contributed by atoms with Gasteiger partial charge in [0.15, 0.2) is 12.3 Å². The number of nitrogens with zero attached hydrogens (tertiary/aromatic N) is 3. The van der Waals surface area contributed by atoms with Crippen molar-refractivity contribution in [1.29, 1.82) is 0 Å². The predicted octanol–water partition coefficient (Wildman–Crippen LogP) is 3.92. The van der Waals surface area contributed by atoms with Crippen molar-refractivity contribution in [3.05, 3.63) is 138 Å². The largest absolute Gasteiger partial charge is 0.508 e. The summed E-state index contributed by atoms with van der Waals surface area (Å²) in [5, 5.41) is 13.7. The Hall–Kier alpha value is -6.21. The molecule has 56 heavy (non-hydrogen) atoms. The smallest absolute Gasteiger partial charge is 0.436 e. The Kier molecular flexibility index (Phi) is 13.3. The summed E-state index contributed by atoms with van der Waals surface area (Å²) in [4.78, 5) is 78.3. The Balaban J connectivity index is 1.30. The lowest BCUT2D eigenvalue weighted by Crippen LogP contribution is -2.75. The maximum absolute atomic E-state index is 14.7. The number of hydrogen-bond donors (Lipinski definition) is 3. The molecule has 13 nitrogen and oxygen atoms in total. The van der Waals surface area contributed by atoms with Crippen LogP contribution in [0.3, 0.4) is 0 Å². The number of phenols is 1. The number of primary amides is 1. The molecule has 2 fully saturated rings. The van der Waals surface area contributed by atoms with E-state index in [4.69, 9.17) is 15.3 Å². The summed E-state index contributed by atoms with van der Waals surface area (Å²) in [6.45, 7) is 0.0326. The molecule has 5 amide bonds. The van der Waals surface area contributed by atoms with Gasteiger partial charge in [0, 0.05) is 32.2 Å². The minimum Gasteiger partial charge on any atom is -0.508 e. The van der Waals surface area contributed by atoms with Crippen LogP contribution in [0, 0.1) is 0 Å². The van der Waals surface area contributed by atoms with E-state index in [1.807, 2.05) is 91.0 Å². The van der Waals surface area contributed by atoms with Gasteiger partial charge in [-0.1, -0.05) is 103 Å². The first-order valence-electron chi connectivity index (χ1n) is 18.9. The molecule has 2 aliphatic heterocycles. The van der Waals surface area contributed by atoms with Crippen molar-refractivity contribution in [2.75, 3.05) is 19.7 Å². The van der Waals surface area contributed by atoms with Crippen LogP contribution in [0.25, 0.3) is 0 Å². The van der Waals surface area contributed by atoms with Crippen LogP contribution >= 0.6 is 0 Å². The second kappa shape index (κ2) is 18.9. The summed E-state index contributed by atoms with van der Waals surface area (Å²) in [7, 11) is 0. The van der Waals surface area contributed by atoms with E-state index in [2.05, 4.69) is 5.32 Å². The van der Waals surface area contributed by atoms with Crippen LogP contribution in [0.15, 0.2) is 115 Å². The number of rotatable bonds is 16. The molecule has 4 N–H and O–H groups in total. The Morgan fingerprint density at radius 2 is 1.41 bits per heavy atom. The Morgan fingerprint density at radius 3 is 2.05 bits per heavy atom. The summed E-state index contributed by atoms with van der Waals surface area (Å²) < 4.78 is 5.70. The van der Waals surface area contributed by atoms with Gasteiger partial charge in [-0.2, -0.15) is 5.06 Å². The van der Waals surface area contributed by atoms with Gasteiger partial charge < -0.3 is 30.7 Å². The summed E-state index contributed by atoms with van der Waals surface area (Å²) in [6, 6.07) is 32.5. The number of phenolic OH excluding ortho intramolecular Hbond substituents is 1. The molecule has 4 atom stereocenters. The molecule has 4 aromatic carbocycles. The van der Waals surface area contributed by atoms with Crippen LogP contribution in [0.1, 0.15) is 41.5 Å². The van der Waals surface area contributed by atoms with Crippen molar-refractivity contribution in [3.63, 3.8) is 0 Å². The molecule has 2 aliphatic rings. The van der Waals surface area contributed by atoms with Crippen LogP contribution in [0.5, 0.6) is 5.75 Å². The number of nitrogens with one attached hydrogen (secondary N) is 1. The number of hydrogen-bond acceptors (Lipinski definition) is 8. The minimum absolute atomic E-state index is 0.0523. The minimum atomic E-state index is -1.24. The highest BCUT2D eigenvalue weighted by molar-refractivity contribution is 5.95. The molecule has 0 saturated carbocycles. The summed E-state index contributed by atoms with van der Waals surface area (Å²) >= 11 is 0. The Morgan fingerprint density at radius 1 is 0.804 bits per heavy atom. The molecule has 13 heteroatoms. The average Bonchev–Trinajstić information content (AvgIpc) is 3.21. The number of fused-ring (bicyclic) bond motifs is 1. The van der Waals surface area contributed by atoms with Gasteiger partial charge in [-0.3, -0.25) is 24.0 Å². The van der Waals surface area contributed by atoms with Crippen molar-refractivity contribution in [2.45, 2.75) is 69.3 Å². The fourth-order valence-electron chi connectivity index (χ4n) is 7.15. The zero-order chi connectivity index (χ0) is 39.4. The highest BCUT2D eigenvalue weighted by Crippen LogP contribution is 2.32. The van der Waals surface area contributed by atoms with Crippen molar-refractivity contribution in [3.8, 4) is 5.75 Å². The van der Waals surface area contributed by atoms with E-state index >= 15 is 0 Å². The third kappa shape index (κ3) is 10.1. The number of carbonyl (C=O) groups is 5. The van der Waals surface area contributed by atoms with Gasteiger partial charge in [0.25, 0.3) is 5.91 Å². The maximum Gasteiger partial charge on any atom is 0.436 e. The van der Waals surface area contributed by atoms with Gasteiger partial charge in [0.05, 0.1) is 13.2 Å². The SMILES string of the molecule is NC(=O)CC[C@H]1C(=O)N([C@@H](Cc2ccccc2)C(=O)NCCCc2ccccc2)CC2N(C(=O)OCCc3ccc(O)cc3)O[C@H](Cc3ccccc3)C(=O)N21. The van der Waals surface area contributed by atoms with Gasteiger partial charge in [-0.25, -0.2) is 4.79 Å². The van der Waals surface area contributed by atoms with Crippen molar-refractivity contribution >= 4 is 29.7 Å². The van der Waals surface area contributed by atoms with Gasteiger partial charge in [-0.15, -0.1) is 0 Å². The first kappa shape index (κ1) is 39.5. The molecular weight excluding hydrogens is 715 g/mol. The lowest BCUT2D eigenvalue weighted by atomic mass is 9.96. The number of aryl methyl sites for hydroxylation is 1. The van der Waals surface area contributed by atoms with Crippen molar-refractivity contribution < 1.29 is 38.7 Å². The highest BCUT2D eigenvalue weighted by Gasteiger charge is 2.55. The van der Waals surface area contributed by atoms with Gasteiger partial charge in [0.2, 0.25) is 17.7 Å². The topological polar surface area (TPSA) is 172 Å². The van der Waals surface area contributed by atoms with Gasteiger partial charge >= 0.3 is 6.09 Å². The van der Waals surface area contributed by atoms with E-state index in [0.29, 0.717) is 19.4 Å². The molecule has 1 unspecified atom stereocenters. The first-order chi connectivity index (χ1) is 27.2. The molecule has 0 aliphatic carbocycles. The quantitative estimate of drug-likeness (QED) is 0.144. The number of nitrogens with two attached hydrogens (primary N) is 1. The number of hydroxylamine groups is 2. The number of aromatic hydroxyl groups is 1. The number of amides is 5. The van der Waals surface area contributed by atoms with Gasteiger partial charge in [-0.05, 0) is 53.6 Å². The standard InChI is InChI=1S/C43H47N5O8/c44-38(50)23-22-35-41(52)46(36(27-32-13-6-2-7-14-32)40(51)45-25-10-17-30-11-4-1-5-12-30)29-39-47(35)42(53)37(28-33-15-8-3-9-16-33)56-48(39)43(54)55-26-24-31-18-20-34(49)21-19-31/h1-9,11-16,18-21,35-37,39,49H,10,17,22-29H2,(H2,44,50)(H,45,51)/t35-,36-,37+,39?/m0/s1. The normalized spacial score (nSPS) is 18.6. The van der Waals surface area contributed by atoms with E-state index in [1.54, 1.807) is 12.1 Å². The van der Waals surface area contributed by atoms with Crippen LogP contribution < -0.4 is 11.1 Å². The monoisotopic (exact) mass is 761 g/mol. The number of piperazine rings is 1. The zero-order valence-corrected chi connectivity index (χ0v) is 31.1. The van der Waals surface area contributed by atoms with Crippen LogP contribution in [0.4, 0.5) is 4.79 Å². The van der Waals surface area contributed by atoms with E-state index in [0.717, 1.165) is 33.7 Å². The zero-order valence-electron chi connectivity index (χ0n) is 31.1. The van der Waals surface area contributed by atoms with Gasteiger partial charge in [0.1, 0.15) is 17.8 Å². The highest BCUT2D eigenvalue weighted by atomic mass is 16.7. The average molecular weight is 762 g/mol. The summed E-state index contributed by atoms with van der Waals surface area (Å²) in [5.41, 5.74) is 9.08. The second-order valence-electron chi connectivity index (χ2n) is 14.0. The molecule has 0 bridgehead atoms. The molecule has 2 heterocycles. The predicted molar refractivity (Wildman–Crippen MR) is 206 cm³/mol. The molecule has 0 spiro atoms. The van der Waals surface area contributed by atoms with E-state index < -0.39 is 54.1 Å². The third-order valence-corrected chi connectivity index (χ3v) is 10.0. The van der Waals surface area contributed by atoms with Crippen LogP contribution in [-0.2, 0) is 54.4 Å². The van der Waals surface area contributed by atoms with Crippen LogP contribution in [-0.4, -0.2) is 93.7 Å². The Bertz CT molecular complexity index is 1950. The van der Waals surface area contributed by atoms with E-state index in [9.17, 15) is 29.1 Å². The summed E-state index contributed by atoms with van der Waals surface area (Å²) in [6.07, 6.45) is -1.69. The fourth-order valence-corrected chi connectivity index (χ4v) is 7.15.